The SMILES string of the molecule is Nc1ccc(F)cc1Oc1ccncc1Cl. The van der Waals surface area contributed by atoms with E-state index in [1.54, 1.807) is 6.07 Å². The fraction of sp³-hybridized carbons (Fsp3) is 0. The molecule has 0 aliphatic carbocycles. The maximum Gasteiger partial charge on any atom is 0.153 e. The summed E-state index contributed by atoms with van der Waals surface area (Å²) in [7, 11) is 0. The first kappa shape index (κ1) is 10.7. The van der Waals surface area contributed by atoms with Crippen LogP contribution in [0.5, 0.6) is 11.5 Å². The van der Waals surface area contributed by atoms with E-state index in [9.17, 15) is 4.39 Å². The monoisotopic (exact) mass is 238 g/mol. The van der Waals surface area contributed by atoms with Gasteiger partial charge in [-0.1, -0.05) is 11.6 Å². The fourth-order valence-corrected chi connectivity index (χ4v) is 1.32. The average Bonchev–Trinajstić information content (AvgIpc) is 2.27. The first-order valence-electron chi connectivity index (χ1n) is 4.49. The second kappa shape index (κ2) is 4.37. The Hall–Kier alpha value is -1.81. The van der Waals surface area contributed by atoms with E-state index >= 15 is 0 Å². The molecule has 82 valence electrons. The summed E-state index contributed by atoms with van der Waals surface area (Å²) in [5, 5.41) is 0.339. The van der Waals surface area contributed by atoms with E-state index in [1.807, 2.05) is 0 Å². The lowest BCUT2D eigenvalue weighted by Gasteiger charge is -2.09. The Morgan fingerprint density at radius 2 is 2.06 bits per heavy atom. The lowest BCUT2D eigenvalue weighted by Crippen LogP contribution is -1.93. The van der Waals surface area contributed by atoms with Crippen molar-refractivity contribution in [2.45, 2.75) is 0 Å². The van der Waals surface area contributed by atoms with E-state index < -0.39 is 5.82 Å². The van der Waals surface area contributed by atoms with Crippen LogP contribution in [0, 0.1) is 5.82 Å². The molecular weight excluding hydrogens is 231 g/mol. The molecule has 1 aromatic carbocycles. The largest absolute Gasteiger partial charge is 0.453 e. The Morgan fingerprint density at radius 1 is 1.25 bits per heavy atom. The summed E-state index contributed by atoms with van der Waals surface area (Å²) in [6.07, 6.45) is 2.96. The van der Waals surface area contributed by atoms with Crippen molar-refractivity contribution in [3.63, 3.8) is 0 Å². The van der Waals surface area contributed by atoms with Gasteiger partial charge in [0.25, 0.3) is 0 Å². The molecule has 0 saturated heterocycles. The molecule has 0 amide bonds. The van der Waals surface area contributed by atoms with Crippen LogP contribution in [-0.4, -0.2) is 4.98 Å². The molecule has 0 fully saturated rings. The molecule has 0 saturated carbocycles. The molecule has 0 radical (unpaired) electrons. The second-order valence-electron chi connectivity index (χ2n) is 3.09. The minimum absolute atomic E-state index is 0.230. The molecule has 0 unspecified atom stereocenters. The Balaban J connectivity index is 2.34. The van der Waals surface area contributed by atoms with Gasteiger partial charge in [0.2, 0.25) is 0 Å². The van der Waals surface area contributed by atoms with Crippen LogP contribution in [0.3, 0.4) is 0 Å². The van der Waals surface area contributed by atoms with E-state index in [0.717, 1.165) is 0 Å². The number of hydrogen-bond acceptors (Lipinski definition) is 3. The highest BCUT2D eigenvalue weighted by Crippen LogP contribution is 2.31. The summed E-state index contributed by atoms with van der Waals surface area (Å²) >= 11 is 5.84. The normalized spacial score (nSPS) is 10.1. The van der Waals surface area contributed by atoms with Crippen LogP contribution in [0.4, 0.5) is 10.1 Å². The smallest absolute Gasteiger partial charge is 0.153 e. The summed E-state index contributed by atoms with van der Waals surface area (Å²) in [6.45, 7) is 0. The Labute approximate surface area is 96.6 Å². The van der Waals surface area contributed by atoms with Gasteiger partial charge in [0.1, 0.15) is 16.6 Å². The number of nitrogens with two attached hydrogens (primary N) is 1. The van der Waals surface area contributed by atoms with Gasteiger partial charge in [-0.25, -0.2) is 4.39 Å². The van der Waals surface area contributed by atoms with Gasteiger partial charge in [-0.3, -0.25) is 4.98 Å². The van der Waals surface area contributed by atoms with Gasteiger partial charge in [0.15, 0.2) is 5.75 Å². The summed E-state index contributed by atoms with van der Waals surface area (Å²) < 4.78 is 18.4. The standard InChI is InChI=1S/C11H8ClFN2O/c12-8-6-15-4-3-10(8)16-11-5-7(13)1-2-9(11)14/h1-6H,14H2. The summed E-state index contributed by atoms with van der Waals surface area (Å²) in [4.78, 5) is 3.81. The zero-order valence-corrected chi connectivity index (χ0v) is 8.91. The summed E-state index contributed by atoms with van der Waals surface area (Å²) in [5.74, 6) is 0.191. The van der Waals surface area contributed by atoms with Gasteiger partial charge in [0, 0.05) is 24.5 Å². The molecular formula is C11H8ClFN2O. The van der Waals surface area contributed by atoms with Crippen molar-refractivity contribution in [1.29, 1.82) is 0 Å². The van der Waals surface area contributed by atoms with Crippen molar-refractivity contribution in [2.75, 3.05) is 5.73 Å². The number of pyridine rings is 1. The second-order valence-corrected chi connectivity index (χ2v) is 3.50. The molecule has 0 bridgehead atoms. The van der Waals surface area contributed by atoms with Gasteiger partial charge in [0.05, 0.1) is 5.69 Å². The van der Waals surface area contributed by atoms with Crippen molar-refractivity contribution in [3.05, 3.63) is 47.5 Å². The molecule has 5 heteroatoms. The number of halogens is 2. The lowest BCUT2D eigenvalue weighted by atomic mass is 10.3. The van der Waals surface area contributed by atoms with E-state index in [-0.39, 0.29) is 5.75 Å². The van der Waals surface area contributed by atoms with Gasteiger partial charge in [-0.15, -0.1) is 0 Å². The molecule has 2 N–H and O–H groups in total. The topological polar surface area (TPSA) is 48.1 Å². The Morgan fingerprint density at radius 3 is 2.81 bits per heavy atom. The zero-order chi connectivity index (χ0) is 11.5. The van der Waals surface area contributed by atoms with Gasteiger partial charge in [-0.05, 0) is 12.1 Å². The number of ether oxygens (including phenoxy) is 1. The number of nitrogen functional groups attached to an aromatic ring is 1. The minimum atomic E-state index is -0.422. The third kappa shape index (κ3) is 2.23. The molecule has 16 heavy (non-hydrogen) atoms. The predicted molar refractivity (Wildman–Crippen MR) is 60.1 cm³/mol. The average molecular weight is 239 g/mol. The van der Waals surface area contributed by atoms with Gasteiger partial charge >= 0.3 is 0 Å². The number of aromatic nitrogens is 1. The van der Waals surface area contributed by atoms with Crippen LogP contribution < -0.4 is 10.5 Å². The van der Waals surface area contributed by atoms with Crippen LogP contribution >= 0.6 is 11.6 Å². The van der Waals surface area contributed by atoms with Gasteiger partial charge in [-0.2, -0.15) is 0 Å². The molecule has 2 rings (SSSR count). The number of benzene rings is 1. The summed E-state index contributed by atoms with van der Waals surface area (Å²) in [6, 6.07) is 5.47. The maximum absolute atomic E-state index is 13.0. The molecule has 0 spiro atoms. The first-order chi connectivity index (χ1) is 7.66. The molecule has 0 aliphatic rings. The maximum atomic E-state index is 13.0. The molecule has 1 heterocycles. The van der Waals surface area contributed by atoms with Gasteiger partial charge < -0.3 is 10.5 Å². The molecule has 2 aromatic rings. The van der Waals surface area contributed by atoms with E-state index in [4.69, 9.17) is 22.1 Å². The van der Waals surface area contributed by atoms with Crippen molar-refractivity contribution in [2.24, 2.45) is 0 Å². The van der Waals surface area contributed by atoms with Crippen LogP contribution in [0.2, 0.25) is 5.02 Å². The van der Waals surface area contributed by atoms with E-state index in [1.165, 1.54) is 30.6 Å². The number of hydrogen-bond donors (Lipinski definition) is 1. The van der Waals surface area contributed by atoms with Crippen LogP contribution in [0.15, 0.2) is 36.7 Å². The summed E-state index contributed by atoms with van der Waals surface area (Å²) in [5.41, 5.74) is 5.98. The predicted octanol–water partition coefficient (Wildman–Crippen LogP) is 3.25. The van der Waals surface area contributed by atoms with Crippen LogP contribution in [0.25, 0.3) is 0 Å². The molecule has 1 aromatic heterocycles. The van der Waals surface area contributed by atoms with E-state index in [0.29, 0.717) is 16.5 Å². The third-order valence-corrected chi connectivity index (χ3v) is 2.21. The highest BCUT2D eigenvalue weighted by atomic mass is 35.5. The molecule has 3 nitrogen and oxygen atoms in total. The molecule has 0 aliphatic heterocycles. The van der Waals surface area contributed by atoms with Crippen molar-refractivity contribution in [1.82, 2.24) is 4.98 Å². The highest BCUT2D eigenvalue weighted by Gasteiger charge is 2.06. The number of rotatable bonds is 2. The van der Waals surface area contributed by atoms with E-state index in [2.05, 4.69) is 4.98 Å². The van der Waals surface area contributed by atoms with Crippen molar-refractivity contribution >= 4 is 17.3 Å². The molecule has 0 atom stereocenters. The minimum Gasteiger partial charge on any atom is -0.453 e. The lowest BCUT2D eigenvalue weighted by molar-refractivity contribution is 0.479. The zero-order valence-electron chi connectivity index (χ0n) is 8.15. The van der Waals surface area contributed by atoms with Crippen LogP contribution in [0.1, 0.15) is 0 Å². The fourth-order valence-electron chi connectivity index (χ4n) is 1.16. The Kier molecular flexibility index (Phi) is 2.92. The first-order valence-corrected chi connectivity index (χ1v) is 4.87. The van der Waals surface area contributed by atoms with Crippen molar-refractivity contribution < 1.29 is 9.13 Å². The van der Waals surface area contributed by atoms with Crippen LogP contribution in [-0.2, 0) is 0 Å². The van der Waals surface area contributed by atoms with Crippen molar-refractivity contribution in [3.8, 4) is 11.5 Å². The quantitative estimate of drug-likeness (QED) is 0.817. The number of anilines is 1. The Bertz CT molecular complexity index is 519. The highest BCUT2D eigenvalue weighted by molar-refractivity contribution is 6.31. The number of nitrogens with zero attached hydrogens (tertiary/aromatic N) is 1. The third-order valence-electron chi connectivity index (χ3n) is 1.93.